The maximum atomic E-state index is 15.8. The molecule has 7 nitrogen and oxygen atoms in total. The smallest absolute Gasteiger partial charge is 0.379 e. The van der Waals surface area contributed by atoms with Crippen LogP contribution in [0.2, 0.25) is 0 Å². The van der Waals surface area contributed by atoms with Crippen molar-refractivity contribution in [3.8, 4) is 0 Å². The standard InChI is InChI=1S/C28H27F4N5O2/c1-35-16-33-34-24(35)23(29)27(14-39-15-27)18-3-2-4-19(9-18)37-11-21-20(25(37)38)7-17(8-22(21)28(30,31)32)10-36-12-26(13-36)5-6-26/h2-4,7-9,16,23H,5-6,10-15H2,1H3/t23-/m0/s1. The van der Waals surface area contributed by atoms with Gasteiger partial charge >= 0.3 is 6.18 Å². The molecular formula is C28H27F4N5O2. The molecule has 0 unspecified atom stereocenters. The van der Waals surface area contributed by atoms with Crippen molar-refractivity contribution in [3.63, 3.8) is 0 Å². The second-order valence-corrected chi connectivity index (χ2v) is 11.6. The normalized spacial score (nSPS) is 22.0. The molecule has 7 rings (SSSR count). The van der Waals surface area contributed by atoms with Crippen LogP contribution in [0.3, 0.4) is 0 Å². The van der Waals surface area contributed by atoms with Gasteiger partial charge in [-0.3, -0.25) is 9.69 Å². The summed E-state index contributed by atoms with van der Waals surface area (Å²) in [6.45, 7) is 2.20. The van der Waals surface area contributed by atoms with Crippen LogP contribution in [0.4, 0.5) is 23.2 Å². The monoisotopic (exact) mass is 541 g/mol. The Balaban J connectivity index is 1.20. The summed E-state index contributed by atoms with van der Waals surface area (Å²) in [6.07, 6.45) is -2.32. The van der Waals surface area contributed by atoms with Crippen LogP contribution in [-0.2, 0) is 36.5 Å². The number of likely N-dealkylation sites (tertiary alicyclic amines) is 1. The predicted octanol–water partition coefficient (Wildman–Crippen LogP) is 4.57. The van der Waals surface area contributed by atoms with Gasteiger partial charge in [-0.1, -0.05) is 12.1 Å². The summed E-state index contributed by atoms with van der Waals surface area (Å²) in [7, 11) is 1.66. The fourth-order valence-corrected chi connectivity index (χ4v) is 6.32. The first-order valence-electron chi connectivity index (χ1n) is 13.0. The molecule has 1 atom stereocenters. The van der Waals surface area contributed by atoms with Crippen LogP contribution in [0, 0.1) is 5.41 Å². The van der Waals surface area contributed by atoms with Crippen LogP contribution in [0.25, 0.3) is 0 Å². The van der Waals surface area contributed by atoms with Gasteiger partial charge in [-0.25, -0.2) is 4.39 Å². The molecule has 1 amide bonds. The molecule has 11 heteroatoms. The number of aryl methyl sites for hydroxylation is 1. The zero-order valence-electron chi connectivity index (χ0n) is 21.3. The lowest BCUT2D eigenvalue weighted by atomic mass is 9.74. The summed E-state index contributed by atoms with van der Waals surface area (Å²) in [5.74, 6) is -0.328. The number of carbonyl (C=O) groups excluding carboxylic acids is 1. The molecule has 39 heavy (non-hydrogen) atoms. The Morgan fingerprint density at radius 1 is 1.13 bits per heavy atom. The quantitative estimate of drug-likeness (QED) is 0.428. The molecule has 2 aromatic carbocycles. The number of aromatic nitrogens is 3. The number of alkyl halides is 4. The molecule has 3 fully saturated rings. The van der Waals surface area contributed by atoms with Gasteiger partial charge in [0.2, 0.25) is 0 Å². The van der Waals surface area contributed by atoms with E-state index in [2.05, 4.69) is 15.1 Å². The SMILES string of the molecule is Cn1cnnc1[C@H](F)C1(c2cccc(N3Cc4c(cc(CN5CC6(CC6)C5)cc4C(F)(F)F)C3=O)c2)COC1. The van der Waals surface area contributed by atoms with E-state index in [4.69, 9.17) is 4.74 Å². The Labute approximate surface area is 222 Å². The number of hydrogen-bond donors (Lipinski definition) is 0. The Morgan fingerprint density at radius 2 is 1.90 bits per heavy atom. The lowest BCUT2D eigenvalue weighted by Gasteiger charge is -2.43. The molecule has 0 bridgehead atoms. The van der Waals surface area contributed by atoms with Crippen molar-refractivity contribution in [1.82, 2.24) is 19.7 Å². The highest BCUT2D eigenvalue weighted by atomic mass is 19.4. The van der Waals surface area contributed by atoms with Crippen LogP contribution >= 0.6 is 0 Å². The third-order valence-electron chi connectivity index (χ3n) is 8.80. The van der Waals surface area contributed by atoms with Crippen molar-refractivity contribution in [2.24, 2.45) is 12.5 Å². The van der Waals surface area contributed by atoms with Crippen molar-refractivity contribution in [3.05, 3.63) is 76.4 Å². The molecule has 3 aliphatic heterocycles. The van der Waals surface area contributed by atoms with Gasteiger partial charge in [-0.15, -0.1) is 10.2 Å². The van der Waals surface area contributed by atoms with Crippen LogP contribution in [0.5, 0.6) is 0 Å². The van der Waals surface area contributed by atoms with Crippen molar-refractivity contribution >= 4 is 11.6 Å². The van der Waals surface area contributed by atoms with Crippen LogP contribution in [-0.4, -0.2) is 51.9 Å². The van der Waals surface area contributed by atoms with Gasteiger partial charge in [0.05, 0.1) is 30.7 Å². The largest absolute Gasteiger partial charge is 0.416 e. The summed E-state index contributed by atoms with van der Waals surface area (Å²) in [5.41, 5.74) is 0.146. The molecule has 3 aromatic rings. The van der Waals surface area contributed by atoms with Gasteiger partial charge in [-0.2, -0.15) is 13.2 Å². The molecule has 0 radical (unpaired) electrons. The number of ether oxygens (including phenoxy) is 1. The minimum Gasteiger partial charge on any atom is -0.379 e. The predicted molar refractivity (Wildman–Crippen MR) is 133 cm³/mol. The summed E-state index contributed by atoms with van der Waals surface area (Å²) < 4.78 is 65.2. The molecule has 0 N–H and O–H groups in total. The third-order valence-corrected chi connectivity index (χ3v) is 8.80. The average Bonchev–Trinajstić information content (AvgIpc) is 3.41. The maximum Gasteiger partial charge on any atom is 0.416 e. The van der Waals surface area contributed by atoms with E-state index >= 15 is 4.39 Å². The van der Waals surface area contributed by atoms with Gasteiger partial charge in [0, 0.05) is 37.9 Å². The number of halogens is 4. The maximum absolute atomic E-state index is 15.8. The minimum atomic E-state index is -4.59. The number of anilines is 1. The first kappa shape index (κ1) is 24.7. The number of rotatable bonds is 6. The molecule has 2 saturated heterocycles. The van der Waals surface area contributed by atoms with Crippen LogP contribution < -0.4 is 4.90 Å². The highest BCUT2D eigenvalue weighted by molar-refractivity contribution is 6.10. The molecule has 4 aliphatic rings. The van der Waals surface area contributed by atoms with Gasteiger partial charge in [0.15, 0.2) is 12.0 Å². The van der Waals surface area contributed by atoms with E-state index in [1.165, 1.54) is 34.7 Å². The van der Waals surface area contributed by atoms with Crippen molar-refractivity contribution in [2.75, 3.05) is 31.2 Å². The Kier molecular flexibility index (Phi) is 5.29. The summed E-state index contributed by atoms with van der Waals surface area (Å²) in [5, 5.41) is 7.70. The molecular weight excluding hydrogens is 514 g/mol. The topological polar surface area (TPSA) is 63.5 Å². The van der Waals surface area contributed by atoms with Gasteiger partial charge in [-0.05, 0) is 59.2 Å². The molecule has 1 saturated carbocycles. The highest BCUT2D eigenvalue weighted by Gasteiger charge is 2.52. The zero-order chi connectivity index (χ0) is 27.2. The number of amides is 1. The number of fused-ring (bicyclic) bond motifs is 1. The van der Waals surface area contributed by atoms with Crippen molar-refractivity contribution in [2.45, 2.75) is 43.7 Å². The zero-order valence-corrected chi connectivity index (χ0v) is 21.3. The lowest BCUT2D eigenvalue weighted by molar-refractivity contribution is -0.138. The van der Waals surface area contributed by atoms with Gasteiger partial charge < -0.3 is 14.2 Å². The van der Waals surface area contributed by atoms with E-state index in [1.807, 2.05) is 0 Å². The third kappa shape index (κ3) is 3.88. The van der Waals surface area contributed by atoms with Gasteiger partial charge in [0.1, 0.15) is 6.33 Å². The summed E-state index contributed by atoms with van der Waals surface area (Å²) in [4.78, 5) is 17.0. The van der Waals surface area contributed by atoms with E-state index in [0.29, 0.717) is 28.8 Å². The highest BCUT2D eigenvalue weighted by Crippen LogP contribution is 2.53. The van der Waals surface area contributed by atoms with E-state index in [1.54, 1.807) is 37.4 Å². The molecule has 4 heterocycles. The number of carbonyl (C=O) groups is 1. The average molecular weight is 542 g/mol. The second kappa shape index (κ2) is 8.34. The van der Waals surface area contributed by atoms with Crippen molar-refractivity contribution in [1.29, 1.82) is 0 Å². The summed E-state index contributed by atoms with van der Waals surface area (Å²) >= 11 is 0. The lowest BCUT2D eigenvalue weighted by Crippen LogP contribution is -2.50. The Hall–Kier alpha value is -3.31. The Bertz CT molecular complexity index is 1470. The van der Waals surface area contributed by atoms with Crippen LogP contribution in [0.15, 0.2) is 42.7 Å². The van der Waals surface area contributed by atoms with Crippen molar-refractivity contribution < 1.29 is 27.1 Å². The first-order valence-corrected chi connectivity index (χ1v) is 13.0. The number of benzene rings is 2. The molecule has 1 aliphatic carbocycles. The van der Waals surface area contributed by atoms with E-state index in [0.717, 1.165) is 13.1 Å². The van der Waals surface area contributed by atoms with E-state index in [-0.39, 0.29) is 36.7 Å². The number of nitrogens with zero attached hydrogens (tertiary/aromatic N) is 5. The Morgan fingerprint density at radius 3 is 2.51 bits per heavy atom. The molecule has 204 valence electrons. The molecule has 1 aromatic heterocycles. The number of hydrogen-bond acceptors (Lipinski definition) is 5. The van der Waals surface area contributed by atoms with E-state index in [9.17, 15) is 18.0 Å². The fourth-order valence-electron chi connectivity index (χ4n) is 6.32. The minimum absolute atomic E-state index is 0.0203. The van der Waals surface area contributed by atoms with E-state index < -0.39 is 29.2 Å². The van der Waals surface area contributed by atoms with Crippen LogP contribution in [0.1, 0.15) is 57.4 Å². The molecule has 1 spiro atoms. The fraction of sp³-hybridized carbons (Fsp3) is 0.464. The van der Waals surface area contributed by atoms with Gasteiger partial charge in [0.25, 0.3) is 5.91 Å². The first-order chi connectivity index (χ1) is 18.6. The summed E-state index contributed by atoms with van der Waals surface area (Å²) in [6, 6.07) is 9.60. The second-order valence-electron chi connectivity index (χ2n) is 11.6.